The van der Waals surface area contributed by atoms with Gasteiger partial charge in [0.1, 0.15) is 19.3 Å². The lowest BCUT2D eigenvalue weighted by Gasteiger charge is -2.24. The van der Waals surface area contributed by atoms with Crippen molar-refractivity contribution in [2.45, 2.75) is 45.3 Å². The summed E-state index contributed by atoms with van der Waals surface area (Å²) in [6.07, 6.45) is 3.36. The number of ether oxygens (including phenoxy) is 3. The Bertz CT molecular complexity index is 744. The molecule has 0 saturated carbocycles. The van der Waals surface area contributed by atoms with Crippen molar-refractivity contribution < 1.29 is 33.7 Å². The highest BCUT2D eigenvalue weighted by atomic mass is 16.6. The van der Waals surface area contributed by atoms with Crippen LogP contribution in [0.4, 0.5) is 0 Å². The summed E-state index contributed by atoms with van der Waals surface area (Å²) in [6, 6.07) is 0. The zero-order valence-corrected chi connectivity index (χ0v) is 16.2. The van der Waals surface area contributed by atoms with Crippen molar-refractivity contribution in [3.63, 3.8) is 0 Å². The van der Waals surface area contributed by atoms with E-state index in [4.69, 9.17) is 14.2 Å². The van der Waals surface area contributed by atoms with Crippen LogP contribution in [-0.4, -0.2) is 48.4 Å². The van der Waals surface area contributed by atoms with Crippen molar-refractivity contribution in [3.8, 4) is 0 Å². The van der Waals surface area contributed by atoms with E-state index in [2.05, 4.69) is 13.2 Å². The fraction of sp³-hybridized carbons (Fsp3) is 0.476. The molecule has 1 saturated heterocycles. The first-order valence-electron chi connectivity index (χ1n) is 9.10. The van der Waals surface area contributed by atoms with Crippen molar-refractivity contribution in [1.82, 2.24) is 0 Å². The lowest BCUT2D eigenvalue weighted by Crippen LogP contribution is -2.30. The second kappa shape index (κ2) is 9.50. The molecule has 0 unspecified atom stereocenters. The van der Waals surface area contributed by atoms with Crippen LogP contribution in [0.15, 0.2) is 47.6 Å². The average molecular weight is 390 g/mol. The molecule has 0 aromatic heterocycles. The number of esters is 3. The van der Waals surface area contributed by atoms with Crippen LogP contribution in [0.5, 0.6) is 0 Å². The molecule has 28 heavy (non-hydrogen) atoms. The number of aliphatic hydroxyl groups excluding tert-OH is 1. The van der Waals surface area contributed by atoms with Gasteiger partial charge >= 0.3 is 17.9 Å². The second-order valence-corrected chi connectivity index (χ2v) is 7.06. The monoisotopic (exact) mass is 390 g/mol. The molecule has 0 bridgehead atoms. The zero-order valence-electron chi connectivity index (χ0n) is 16.2. The summed E-state index contributed by atoms with van der Waals surface area (Å²) < 4.78 is 15.6. The van der Waals surface area contributed by atoms with Gasteiger partial charge in [0, 0.05) is 18.1 Å². The highest BCUT2D eigenvalue weighted by Gasteiger charge is 2.42. The fourth-order valence-electron chi connectivity index (χ4n) is 3.17. The lowest BCUT2D eigenvalue weighted by molar-refractivity contribution is -0.140. The maximum absolute atomic E-state index is 12.0. The third-order valence-corrected chi connectivity index (χ3v) is 4.64. The Morgan fingerprint density at radius 1 is 1.25 bits per heavy atom. The average Bonchev–Trinajstić information content (AvgIpc) is 2.90. The summed E-state index contributed by atoms with van der Waals surface area (Å²) in [4.78, 5) is 34.8. The maximum atomic E-state index is 12.0. The standard InChI is InChI=1S/C21H26O7/c1-12(2)20(24)27-11-15-6-5-7-16(10-26-14(4)22)9-18-19(17(23)8-15)13(3)21(25)28-18/h6,9,17-19,23H,1,3,5,7-8,10-11H2,2,4H3/b15-6-,16-9-/t17-,18-,19-/m1/s1. The molecule has 0 aromatic rings. The predicted octanol–water partition coefficient (Wildman–Crippen LogP) is 2.16. The molecule has 7 heteroatoms. The Morgan fingerprint density at radius 2 is 1.93 bits per heavy atom. The normalized spacial score (nSPS) is 28.8. The molecule has 7 nitrogen and oxygen atoms in total. The predicted molar refractivity (Wildman–Crippen MR) is 101 cm³/mol. The third kappa shape index (κ3) is 5.66. The molecule has 0 spiro atoms. The van der Waals surface area contributed by atoms with Crippen molar-refractivity contribution in [2.24, 2.45) is 5.92 Å². The lowest BCUT2D eigenvalue weighted by atomic mass is 9.85. The van der Waals surface area contributed by atoms with E-state index >= 15 is 0 Å². The van der Waals surface area contributed by atoms with Gasteiger partial charge in [-0.3, -0.25) is 4.79 Å². The molecule has 1 aliphatic carbocycles. The second-order valence-electron chi connectivity index (χ2n) is 7.06. The van der Waals surface area contributed by atoms with Crippen LogP contribution in [0, 0.1) is 5.92 Å². The smallest absolute Gasteiger partial charge is 0.334 e. The van der Waals surface area contributed by atoms with E-state index in [0.717, 1.165) is 11.1 Å². The summed E-state index contributed by atoms with van der Waals surface area (Å²) >= 11 is 0. The highest BCUT2D eigenvalue weighted by molar-refractivity contribution is 5.91. The Hall–Kier alpha value is -2.67. The maximum Gasteiger partial charge on any atom is 0.334 e. The van der Waals surface area contributed by atoms with Gasteiger partial charge in [0.25, 0.3) is 0 Å². The van der Waals surface area contributed by atoms with Crippen molar-refractivity contribution in [2.75, 3.05) is 13.2 Å². The molecule has 0 aromatic carbocycles. The molecule has 1 heterocycles. The van der Waals surface area contributed by atoms with E-state index in [1.54, 1.807) is 13.0 Å². The van der Waals surface area contributed by atoms with Gasteiger partial charge in [-0.1, -0.05) is 19.2 Å². The van der Waals surface area contributed by atoms with E-state index in [1.807, 2.05) is 6.08 Å². The van der Waals surface area contributed by atoms with Crippen LogP contribution >= 0.6 is 0 Å². The van der Waals surface area contributed by atoms with E-state index < -0.39 is 36.0 Å². The SMILES string of the molecule is C=C(C)C(=O)OC/C1=C\CC/C(COC(C)=O)=C/[C@H]2OC(=O)C(=C)[C@@H]2[C@H](O)C1. The number of hydrogen-bond donors (Lipinski definition) is 1. The Balaban J connectivity index is 2.24. The van der Waals surface area contributed by atoms with Crippen LogP contribution in [0.1, 0.15) is 33.1 Å². The highest BCUT2D eigenvalue weighted by Crippen LogP contribution is 2.34. The molecule has 152 valence electrons. The van der Waals surface area contributed by atoms with Crippen LogP contribution in [-0.2, 0) is 28.6 Å². The van der Waals surface area contributed by atoms with Gasteiger partial charge in [0.15, 0.2) is 0 Å². The van der Waals surface area contributed by atoms with E-state index in [0.29, 0.717) is 12.8 Å². The van der Waals surface area contributed by atoms with E-state index in [1.165, 1.54) is 6.92 Å². The number of rotatable bonds is 5. The zero-order chi connectivity index (χ0) is 20.8. The van der Waals surface area contributed by atoms with E-state index in [-0.39, 0.29) is 30.8 Å². The molecule has 1 N–H and O–H groups in total. The van der Waals surface area contributed by atoms with Crippen LogP contribution in [0.25, 0.3) is 0 Å². The number of aliphatic hydroxyl groups is 1. The quantitative estimate of drug-likeness (QED) is 0.332. The largest absolute Gasteiger partial charge is 0.461 e. The van der Waals surface area contributed by atoms with Gasteiger partial charge in [-0.05, 0) is 43.4 Å². The molecule has 0 radical (unpaired) electrons. The summed E-state index contributed by atoms with van der Waals surface area (Å²) in [5, 5.41) is 10.7. The van der Waals surface area contributed by atoms with Gasteiger partial charge in [0.2, 0.25) is 0 Å². The van der Waals surface area contributed by atoms with Gasteiger partial charge in [-0.2, -0.15) is 0 Å². The van der Waals surface area contributed by atoms with Crippen molar-refractivity contribution in [3.05, 3.63) is 47.6 Å². The van der Waals surface area contributed by atoms with Crippen LogP contribution in [0.3, 0.4) is 0 Å². The van der Waals surface area contributed by atoms with E-state index in [9.17, 15) is 19.5 Å². The number of carbonyl (C=O) groups is 3. The van der Waals surface area contributed by atoms with Gasteiger partial charge in [-0.25, -0.2) is 9.59 Å². The first kappa shape index (κ1) is 21.6. The molecule has 3 atom stereocenters. The van der Waals surface area contributed by atoms with Crippen LogP contribution < -0.4 is 0 Å². The number of carbonyl (C=O) groups excluding carboxylic acids is 3. The minimum atomic E-state index is -0.942. The minimum absolute atomic E-state index is 0.0183. The summed E-state index contributed by atoms with van der Waals surface area (Å²) in [5.74, 6) is -2.11. The van der Waals surface area contributed by atoms with Gasteiger partial charge in [-0.15, -0.1) is 0 Å². The molecule has 2 aliphatic rings. The number of hydrogen-bond acceptors (Lipinski definition) is 7. The molecule has 1 aliphatic heterocycles. The Morgan fingerprint density at radius 3 is 2.57 bits per heavy atom. The molecular formula is C21H26O7. The summed E-state index contributed by atoms with van der Waals surface area (Å²) in [7, 11) is 0. The molecule has 2 rings (SSSR count). The molecular weight excluding hydrogens is 364 g/mol. The Labute approximate surface area is 164 Å². The molecule has 1 fully saturated rings. The fourth-order valence-corrected chi connectivity index (χ4v) is 3.17. The topological polar surface area (TPSA) is 99.1 Å². The minimum Gasteiger partial charge on any atom is -0.461 e. The summed E-state index contributed by atoms with van der Waals surface area (Å²) in [5.41, 5.74) is 1.98. The van der Waals surface area contributed by atoms with Crippen molar-refractivity contribution >= 4 is 17.9 Å². The summed E-state index contributed by atoms with van der Waals surface area (Å²) in [6.45, 7) is 10.3. The van der Waals surface area contributed by atoms with Crippen LogP contribution in [0.2, 0.25) is 0 Å². The van der Waals surface area contributed by atoms with Gasteiger partial charge in [0.05, 0.1) is 12.0 Å². The van der Waals surface area contributed by atoms with Crippen molar-refractivity contribution in [1.29, 1.82) is 0 Å². The Kier molecular flexibility index (Phi) is 7.34. The number of allylic oxidation sites excluding steroid dienone is 1. The first-order valence-corrected chi connectivity index (χ1v) is 9.10. The van der Waals surface area contributed by atoms with Gasteiger partial charge < -0.3 is 19.3 Å². The molecule has 0 amide bonds. The third-order valence-electron chi connectivity index (χ3n) is 4.64. The number of fused-ring (bicyclic) bond motifs is 1. The first-order chi connectivity index (χ1) is 13.2.